The summed E-state index contributed by atoms with van der Waals surface area (Å²) in [5.74, 6) is 0. The number of hydrogen-bond donors (Lipinski definition) is 0. The molecule has 0 aromatic heterocycles. The van der Waals surface area contributed by atoms with Crippen LogP contribution in [-0.4, -0.2) is 0 Å². The van der Waals surface area contributed by atoms with Gasteiger partial charge in [-0.25, -0.2) is 0 Å². The third-order valence-electron chi connectivity index (χ3n) is 2.90. The molecule has 0 aliphatic rings. The van der Waals surface area contributed by atoms with Gasteiger partial charge in [-0.2, -0.15) is 0 Å². The van der Waals surface area contributed by atoms with Gasteiger partial charge in [-0.3, -0.25) is 0 Å². The number of unbranched alkanes of at least 4 members (excludes halogenated alkanes) is 1. The molecule has 0 N–H and O–H groups in total. The summed E-state index contributed by atoms with van der Waals surface area (Å²) in [6, 6.07) is 6.66. The molecule has 1 rings (SSSR count). The monoisotopic (exact) mass is 203 g/mol. The molecule has 1 aromatic carbocycles. The highest BCUT2D eigenvalue weighted by molar-refractivity contribution is 5.38. The van der Waals surface area contributed by atoms with Gasteiger partial charge in [0.15, 0.2) is 0 Å². The van der Waals surface area contributed by atoms with Crippen LogP contribution in [0.1, 0.15) is 50.3 Å². The van der Waals surface area contributed by atoms with Crippen molar-refractivity contribution >= 4 is 0 Å². The fourth-order valence-corrected chi connectivity index (χ4v) is 2.04. The maximum Gasteiger partial charge on any atom is -0.0129 e. The summed E-state index contributed by atoms with van der Waals surface area (Å²) < 4.78 is 0. The molecule has 83 valence electrons. The summed E-state index contributed by atoms with van der Waals surface area (Å²) in [4.78, 5) is 0. The number of rotatable bonds is 3. The lowest BCUT2D eigenvalue weighted by molar-refractivity contribution is 0.579. The largest absolute Gasteiger partial charge is 0.0617 e. The average Bonchev–Trinajstić information content (AvgIpc) is 2.14. The molecule has 0 nitrogen and oxygen atoms in total. The van der Waals surface area contributed by atoms with Crippen molar-refractivity contribution in [2.45, 2.75) is 52.4 Å². The highest BCUT2D eigenvalue weighted by Gasteiger charge is 2.18. The lowest BCUT2D eigenvalue weighted by Gasteiger charge is -2.24. The SMILES string of the molecule is [CH2]CCCc1c(C)cccc1C(C)(C)C. The second-order valence-corrected chi connectivity index (χ2v) is 5.31. The van der Waals surface area contributed by atoms with Crippen LogP contribution in [0.3, 0.4) is 0 Å². The second kappa shape index (κ2) is 4.83. The van der Waals surface area contributed by atoms with Crippen LogP contribution in [0.5, 0.6) is 0 Å². The van der Waals surface area contributed by atoms with Crippen LogP contribution < -0.4 is 0 Å². The van der Waals surface area contributed by atoms with Crippen LogP contribution >= 0.6 is 0 Å². The van der Waals surface area contributed by atoms with Crippen molar-refractivity contribution in [1.29, 1.82) is 0 Å². The summed E-state index contributed by atoms with van der Waals surface area (Å²) in [5, 5.41) is 0. The minimum absolute atomic E-state index is 0.253. The van der Waals surface area contributed by atoms with E-state index in [0.29, 0.717) is 0 Å². The van der Waals surface area contributed by atoms with E-state index in [1.807, 2.05) is 0 Å². The van der Waals surface area contributed by atoms with Crippen molar-refractivity contribution in [3.63, 3.8) is 0 Å². The molecule has 1 radical (unpaired) electrons. The summed E-state index contributed by atoms with van der Waals surface area (Å²) in [6.45, 7) is 13.0. The molecule has 0 saturated carbocycles. The van der Waals surface area contributed by atoms with Gasteiger partial charge in [-0.1, -0.05) is 52.3 Å². The van der Waals surface area contributed by atoms with E-state index in [0.717, 1.165) is 6.42 Å². The van der Waals surface area contributed by atoms with Crippen molar-refractivity contribution < 1.29 is 0 Å². The maximum absolute atomic E-state index is 3.92. The highest BCUT2D eigenvalue weighted by atomic mass is 14.2. The van der Waals surface area contributed by atoms with Crippen molar-refractivity contribution in [3.05, 3.63) is 41.8 Å². The Labute approximate surface area is 94.7 Å². The smallest absolute Gasteiger partial charge is 0.0129 e. The Hall–Kier alpha value is -0.780. The zero-order valence-electron chi connectivity index (χ0n) is 10.6. The molecule has 0 amide bonds. The zero-order chi connectivity index (χ0) is 11.5. The Morgan fingerprint density at radius 2 is 1.87 bits per heavy atom. The minimum Gasteiger partial charge on any atom is -0.0617 e. The van der Waals surface area contributed by atoms with Gasteiger partial charge in [0.1, 0.15) is 0 Å². The summed E-state index contributed by atoms with van der Waals surface area (Å²) in [6.07, 6.45) is 3.38. The quantitative estimate of drug-likeness (QED) is 0.681. The van der Waals surface area contributed by atoms with Gasteiger partial charge in [-0.05, 0) is 41.9 Å². The third-order valence-corrected chi connectivity index (χ3v) is 2.90. The van der Waals surface area contributed by atoms with E-state index in [-0.39, 0.29) is 5.41 Å². The molecule has 0 aliphatic carbocycles. The molecule has 0 heterocycles. The van der Waals surface area contributed by atoms with Gasteiger partial charge in [0, 0.05) is 0 Å². The van der Waals surface area contributed by atoms with E-state index in [4.69, 9.17) is 0 Å². The minimum atomic E-state index is 0.253. The fourth-order valence-electron chi connectivity index (χ4n) is 2.04. The van der Waals surface area contributed by atoms with E-state index < -0.39 is 0 Å². The molecule has 15 heavy (non-hydrogen) atoms. The third kappa shape index (κ3) is 3.09. The van der Waals surface area contributed by atoms with E-state index in [2.05, 4.69) is 52.8 Å². The van der Waals surface area contributed by atoms with Gasteiger partial charge in [0.05, 0.1) is 0 Å². The Morgan fingerprint density at radius 3 is 2.40 bits per heavy atom. The second-order valence-electron chi connectivity index (χ2n) is 5.31. The molecule has 0 heteroatoms. The van der Waals surface area contributed by atoms with Gasteiger partial charge in [0.2, 0.25) is 0 Å². The molecule has 0 unspecified atom stereocenters. The van der Waals surface area contributed by atoms with E-state index in [9.17, 15) is 0 Å². The summed E-state index contributed by atoms with van der Waals surface area (Å²) in [7, 11) is 0. The Morgan fingerprint density at radius 1 is 1.20 bits per heavy atom. The molecule has 1 aromatic rings. The van der Waals surface area contributed by atoms with Crippen LogP contribution in [0.25, 0.3) is 0 Å². The molecular formula is C15H23. The topological polar surface area (TPSA) is 0 Å². The van der Waals surface area contributed by atoms with Gasteiger partial charge in [0.25, 0.3) is 0 Å². The molecular weight excluding hydrogens is 180 g/mol. The zero-order valence-corrected chi connectivity index (χ0v) is 10.6. The van der Waals surface area contributed by atoms with E-state index in [1.54, 1.807) is 0 Å². The predicted octanol–water partition coefficient (Wildman–Crippen LogP) is 4.45. The first-order chi connectivity index (χ1) is 6.96. The highest BCUT2D eigenvalue weighted by Crippen LogP contribution is 2.28. The standard InChI is InChI=1S/C15H23/c1-6-7-10-13-12(2)9-8-11-14(13)15(3,4)5/h8-9,11H,1,6-7,10H2,2-5H3. The number of hydrogen-bond acceptors (Lipinski definition) is 0. The Bertz CT molecular complexity index is 315. The molecule has 0 spiro atoms. The van der Waals surface area contributed by atoms with E-state index >= 15 is 0 Å². The maximum atomic E-state index is 3.92. The lowest BCUT2D eigenvalue weighted by Crippen LogP contribution is -2.15. The van der Waals surface area contributed by atoms with Crippen molar-refractivity contribution in [2.24, 2.45) is 0 Å². The first-order valence-electron chi connectivity index (χ1n) is 5.85. The van der Waals surface area contributed by atoms with Crippen molar-refractivity contribution in [3.8, 4) is 0 Å². The Kier molecular flexibility index (Phi) is 3.96. The number of aryl methyl sites for hydroxylation is 1. The van der Waals surface area contributed by atoms with Crippen molar-refractivity contribution in [2.75, 3.05) is 0 Å². The predicted molar refractivity (Wildman–Crippen MR) is 68.2 cm³/mol. The normalized spacial score (nSPS) is 11.8. The first-order valence-corrected chi connectivity index (χ1v) is 5.85. The lowest BCUT2D eigenvalue weighted by atomic mass is 9.81. The van der Waals surface area contributed by atoms with Gasteiger partial charge in [-0.15, -0.1) is 0 Å². The van der Waals surface area contributed by atoms with Crippen LogP contribution in [0, 0.1) is 13.8 Å². The molecule has 0 saturated heterocycles. The fraction of sp³-hybridized carbons (Fsp3) is 0.533. The van der Waals surface area contributed by atoms with Crippen molar-refractivity contribution in [1.82, 2.24) is 0 Å². The first kappa shape index (κ1) is 12.3. The van der Waals surface area contributed by atoms with Gasteiger partial charge >= 0.3 is 0 Å². The van der Waals surface area contributed by atoms with Crippen LogP contribution in [0.15, 0.2) is 18.2 Å². The average molecular weight is 203 g/mol. The molecule has 0 atom stereocenters. The van der Waals surface area contributed by atoms with Crippen LogP contribution in [-0.2, 0) is 11.8 Å². The molecule has 0 bridgehead atoms. The van der Waals surface area contributed by atoms with Gasteiger partial charge < -0.3 is 0 Å². The molecule has 0 fully saturated rings. The number of benzene rings is 1. The summed E-state index contributed by atoms with van der Waals surface area (Å²) >= 11 is 0. The van der Waals surface area contributed by atoms with Crippen LogP contribution in [0.4, 0.5) is 0 Å². The summed E-state index contributed by atoms with van der Waals surface area (Å²) in [5.41, 5.74) is 4.71. The Balaban J connectivity index is 3.09. The van der Waals surface area contributed by atoms with Crippen LogP contribution in [0.2, 0.25) is 0 Å². The molecule has 0 aliphatic heterocycles. The van der Waals surface area contributed by atoms with E-state index in [1.165, 1.54) is 29.5 Å².